The van der Waals surface area contributed by atoms with Crippen LogP contribution in [0.4, 0.5) is 0 Å². The highest BCUT2D eigenvalue weighted by molar-refractivity contribution is 7.91. The number of nitrogens with one attached hydrogen (secondary N) is 1. The van der Waals surface area contributed by atoms with E-state index in [-0.39, 0.29) is 12.4 Å². The van der Waals surface area contributed by atoms with Crippen molar-refractivity contribution in [2.75, 3.05) is 25.4 Å². The van der Waals surface area contributed by atoms with Crippen molar-refractivity contribution in [2.24, 2.45) is 0 Å². The van der Waals surface area contributed by atoms with E-state index in [9.17, 15) is 8.42 Å². The molecule has 1 aromatic rings. The molecular formula is C10H15NO3S. The summed E-state index contributed by atoms with van der Waals surface area (Å²) in [5.74, 6) is 0.0526. The Kier molecular flexibility index (Phi) is 4.74. The van der Waals surface area contributed by atoms with Crippen LogP contribution < -0.4 is 5.32 Å². The van der Waals surface area contributed by atoms with Gasteiger partial charge in [-0.1, -0.05) is 18.2 Å². The Hall–Kier alpha value is -0.910. The van der Waals surface area contributed by atoms with Gasteiger partial charge in [-0.15, -0.1) is 0 Å². The molecule has 0 saturated carbocycles. The molecule has 0 bridgehead atoms. The maximum atomic E-state index is 11.7. The third-order valence-corrected chi connectivity index (χ3v) is 3.67. The molecule has 0 saturated heterocycles. The van der Waals surface area contributed by atoms with Gasteiger partial charge in [0.2, 0.25) is 0 Å². The lowest BCUT2D eigenvalue weighted by atomic mass is 10.4. The van der Waals surface area contributed by atoms with E-state index in [1.807, 2.05) is 0 Å². The van der Waals surface area contributed by atoms with E-state index in [1.165, 1.54) is 0 Å². The Labute approximate surface area is 89.9 Å². The highest BCUT2D eigenvalue weighted by Gasteiger charge is 2.12. The first-order valence-corrected chi connectivity index (χ1v) is 6.41. The van der Waals surface area contributed by atoms with Gasteiger partial charge in [0.05, 0.1) is 17.3 Å². The van der Waals surface area contributed by atoms with Gasteiger partial charge in [0.25, 0.3) is 0 Å². The van der Waals surface area contributed by atoms with Crippen LogP contribution in [0.3, 0.4) is 0 Å². The van der Waals surface area contributed by atoms with Gasteiger partial charge in [-0.3, -0.25) is 0 Å². The predicted octanol–water partition coefficient (Wildman–Crippen LogP) is 0.0422. The van der Waals surface area contributed by atoms with Crippen molar-refractivity contribution in [3.63, 3.8) is 0 Å². The van der Waals surface area contributed by atoms with Crippen LogP contribution in [0.2, 0.25) is 0 Å². The van der Waals surface area contributed by atoms with Crippen molar-refractivity contribution in [3.8, 4) is 0 Å². The fraction of sp³-hybridized carbons (Fsp3) is 0.400. The molecule has 84 valence electrons. The highest BCUT2D eigenvalue weighted by atomic mass is 32.2. The van der Waals surface area contributed by atoms with E-state index in [4.69, 9.17) is 5.11 Å². The lowest BCUT2D eigenvalue weighted by molar-refractivity contribution is 0.293. The molecule has 1 rings (SSSR count). The van der Waals surface area contributed by atoms with Gasteiger partial charge >= 0.3 is 0 Å². The fourth-order valence-electron chi connectivity index (χ4n) is 1.16. The van der Waals surface area contributed by atoms with E-state index >= 15 is 0 Å². The third kappa shape index (κ3) is 3.99. The number of aliphatic hydroxyl groups excluding tert-OH is 1. The van der Waals surface area contributed by atoms with Gasteiger partial charge in [-0.25, -0.2) is 8.42 Å². The molecule has 0 atom stereocenters. The number of sulfone groups is 1. The zero-order valence-electron chi connectivity index (χ0n) is 8.39. The Balaban J connectivity index is 2.53. The first-order chi connectivity index (χ1) is 7.17. The molecule has 0 amide bonds. The molecule has 15 heavy (non-hydrogen) atoms. The molecule has 0 aliphatic carbocycles. The lowest BCUT2D eigenvalue weighted by Gasteiger charge is -2.04. The second-order valence-electron chi connectivity index (χ2n) is 3.11. The van der Waals surface area contributed by atoms with Crippen LogP contribution in [0.5, 0.6) is 0 Å². The molecule has 5 heteroatoms. The molecule has 0 aromatic heterocycles. The summed E-state index contributed by atoms with van der Waals surface area (Å²) in [5.41, 5.74) is 0. The van der Waals surface area contributed by atoms with Crippen LogP contribution in [0.1, 0.15) is 0 Å². The quantitative estimate of drug-likeness (QED) is 0.676. The minimum atomic E-state index is -3.18. The van der Waals surface area contributed by atoms with Crippen molar-refractivity contribution < 1.29 is 13.5 Å². The summed E-state index contributed by atoms with van der Waals surface area (Å²) in [5, 5.41) is 11.3. The molecule has 0 heterocycles. The standard InChI is InChI=1S/C10H15NO3S/c12-8-6-11-7-9-15(13,14)10-4-2-1-3-5-10/h1-5,11-12H,6-9H2. The number of benzene rings is 1. The molecule has 4 nitrogen and oxygen atoms in total. The van der Waals surface area contributed by atoms with Crippen molar-refractivity contribution in [1.29, 1.82) is 0 Å². The van der Waals surface area contributed by atoms with Crippen LogP contribution in [0.15, 0.2) is 35.2 Å². The predicted molar refractivity (Wildman–Crippen MR) is 58.5 cm³/mol. The normalized spacial score (nSPS) is 11.5. The Morgan fingerprint density at radius 1 is 1.13 bits per heavy atom. The van der Waals surface area contributed by atoms with E-state index in [0.29, 0.717) is 18.0 Å². The molecule has 0 radical (unpaired) electrons. The summed E-state index contributed by atoms with van der Waals surface area (Å²) in [4.78, 5) is 0.343. The minimum absolute atomic E-state index is 0.0192. The first-order valence-electron chi connectivity index (χ1n) is 4.76. The molecule has 0 fully saturated rings. The SMILES string of the molecule is O=S(=O)(CCNCCO)c1ccccc1. The first kappa shape index (κ1) is 12.2. The lowest BCUT2D eigenvalue weighted by Crippen LogP contribution is -2.25. The topological polar surface area (TPSA) is 66.4 Å². The van der Waals surface area contributed by atoms with Gasteiger partial charge < -0.3 is 10.4 Å². The highest BCUT2D eigenvalue weighted by Crippen LogP contribution is 2.08. The summed E-state index contributed by atoms with van der Waals surface area (Å²) in [6.45, 7) is 0.799. The summed E-state index contributed by atoms with van der Waals surface area (Å²) in [6.07, 6.45) is 0. The summed E-state index contributed by atoms with van der Waals surface area (Å²) in [6, 6.07) is 8.36. The monoisotopic (exact) mass is 229 g/mol. The average Bonchev–Trinajstić information content (AvgIpc) is 2.26. The number of hydrogen-bond acceptors (Lipinski definition) is 4. The molecule has 0 aliphatic heterocycles. The molecular weight excluding hydrogens is 214 g/mol. The Morgan fingerprint density at radius 3 is 2.40 bits per heavy atom. The maximum absolute atomic E-state index is 11.7. The smallest absolute Gasteiger partial charge is 0.179 e. The third-order valence-electron chi connectivity index (χ3n) is 1.94. The molecule has 0 spiro atoms. The molecule has 2 N–H and O–H groups in total. The van der Waals surface area contributed by atoms with E-state index in [1.54, 1.807) is 30.3 Å². The summed E-state index contributed by atoms with van der Waals surface area (Å²) < 4.78 is 23.4. The number of rotatable bonds is 6. The summed E-state index contributed by atoms with van der Waals surface area (Å²) in [7, 11) is -3.18. The van der Waals surface area contributed by atoms with Crippen LogP contribution in [0.25, 0.3) is 0 Å². The van der Waals surface area contributed by atoms with E-state index in [2.05, 4.69) is 5.32 Å². The van der Waals surface area contributed by atoms with Crippen LogP contribution in [-0.4, -0.2) is 39.0 Å². The minimum Gasteiger partial charge on any atom is -0.395 e. The summed E-state index contributed by atoms with van der Waals surface area (Å²) >= 11 is 0. The fourth-order valence-corrected chi connectivity index (χ4v) is 2.38. The Bertz CT molecular complexity index is 375. The van der Waals surface area contributed by atoms with Crippen LogP contribution >= 0.6 is 0 Å². The van der Waals surface area contributed by atoms with E-state index in [0.717, 1.165) is 0 Å². The van der Waals surface area contributed by atoms with Crippen molar-refractivity contribution in [2.45, 2.75) is 4.90 Å². The molecule has 0 aliphatic rings. The maximum Gasteiger partial charge on any atom is 0.179 e. The van der Waals surface area contributed by atoms with Gasteiger partial charge in [-0.2, -0.15) is 0 Å². The molecule has 1 aromatic carbocycles. The molecule has 0 unspecified atom stereocenters. The van der Waals surface area contributed by atoms with Crippen molar-refractivity contribution >= 4 is 9.84 Å². The number of aliphatic hydroxyl groups is 1. The van der Waals surface area contributed by atoms with Crippen LogP contribution in [-0.2, 0) is 9.84 Å². The second-order valence-corrected chi connectivity index (χ2v) is 5.21. The van der Waals surface area contributed by atoms with Crippen LogP contribution in [0, 0.1) is 0 Å². The zero-order chi connectivity index (χ0) is 11.1. The van der Waals surface area contributed by atoms with Gasteiger partial charge in [0.1, 0.15) is 0 Å². The number of hydrogen-bond donors (Lipinski definition) is 2. The van der Waals surface area contributed by atoms with Gasteiger partial charge in [0.15, 0.2) is 9.84 Å². The van der Waals surface area contributed by atoms with E-state index < -0.39 is 9.84 Å². The van der Waals surface area contributed by atoms with Gasteiger partial charge in [-0.05, 0) is 12.1 Å². The average molecular weight is 229 g/mol. The second kappa shape index (κ2) is 5.85. The Morgan fingerprint density at radius 2 is 1.80 bits per heavy atom. The van der Waals surface area contributed by atoms with Crippen molar-refractivity contribution in [1.82, 2.24) is 5.32 Å². The zero-order valence-corrected chi connectivity index (χ0v) is 9.20. The largest absolute Gasteiger partial charge is 0.395 e. The van der Waals surface area contributed by atoms with Gasteiger partial charge in [0, 0.05) is 13.1 Å². The van der Waals surface area contributed by atoms with Crippen molar-refractivity contribution in [3.05, 3.63) is 30.3 Å².